The normalized spacial score (nSPS) is 39.5. The number of fused-ring (bicyclic) bond motifs is 2. The van der Waals surface area contributed by atoms with E-state index in [-0.39, 0.29) is 30.5 Å². The number of rotatable bonds is 1. The second kappa shape index (κ2) is 4.95. The van der Waals surface area contributed by atoms with Crippen molar-refractivity contribution in [2.45, 2.75) is 36.4 Å². The summed E-state index contributed by atoms with van der Waals surface area (Å²) in [5.74, 6) is 1.41. The van der Waals surface area contributed by atoms with Gasteiger partial charge in [-0.1, -0.05) is 12.2 Å². The molecule has 0 bridgehead atoms. The molecule has 0 aromatic heterocycles. The van der Waals surface area contributed by atoms with E-state index in [1.165, 1.54) is 0 Å². The van der Waals surface area contributed by atoms with Crippen LogP contribution in [0.3, 0.4) is 0 Å². The monoisotopic (exact) mass is 331 g/mol. The highest BCUT2D eigenvalue weighted by atomic mass is 16.7. The molecule has 5 atom stereocenters. The Morgan fingerprint density at radius 1 is 1.29 bits per heavy atom. The number of aliphatic hydroxyl groups excluding tert-OH is 1. The van der Waals surface area contributed by atoms with Gasteiger partial charge in [0.15, 0.2) is 17.8 Å². The van der Waals surface area contributed by atoms with Crippen LogP contribution in [0.15, 0.2) is 24.3 Å². The molecule has 6 nitrogen and oxygen atoms in total. The van der Waals surface area contributed by atoms with Gasteiger partial charge in [0.2, 0.25) is 6.79 Å². The predicted octanol–water partition coefficient (Wildman–Crippen LogP) is 1.33. The van der Waals surface area contributed by atoms with Crippen molar-refractivity contribution in [1.82, 2.24) is 4.90 Å². The summed E-state index contributed by atoms with van der Waals surface area (Å²) in [5, 5.41) is 10.5. The number of benzene rings is 1. The van der Waals surface area contributed by atoms with Crippen LogP contribution in [0.4, 0.5) is 0 Å². The van der Waals surface area contributed by atoms with Crippen molar-refractivity contribution in [2.75, 3.05) is 27.5 Å². The topological polar surface area (TPSA) is 60.4 Å². The SMILES string of the molecule is CO[C@@H]1C=C[C@]23c4cc5c(cc4[C@H](O)O[C@@H]2CN(C)C3C1)OCO5. The lowest BCUT2D eigenvalue weighted by molar-refractivity contribution is -0.160. The van der Waals surface area contributed by atoms with Gasteiger partial charge in [0.25, 0.3) is 0 Å². The van der Waals surface area contributed by atoms with Crippen molar-refractivity contribution < 1.29 is 24.1 Å². The van der Waals surface area contributed by atoms with Crippen molar-refractivity contribution in [2.24, 2.45) is 0 Å². The molecule has 6 heteroatoms. The number of hydrogen-bond donors (Lipinski definition) is 1. The molecule has 1 aromatic carbocycles. The summed E-state index contributed by atoms with van der Waals surface area (Å²) in [6.07, 6.45) is 4.31. The predicted molar refractivity (Wildman–Crippen MR) is 85.0 cm³/mol. The lowest BCUT2D eigenvalue weighted by Crippen LogP contribution is -2.52. The van der Waals surface area contributed by atoms with E-state index in [1.54, 1.807) is 7.11 Å². The van der Waals surface area contributed by atoms with Gasteiger partial charge in [-0.3, -0.25) is 4.90 Å². The molecular formula is C18H21NO5. The molecule has 0 saturated carbocycles. The molecular weight excluding hydrogens is 310 g/mol. The summed E-state index contributed by atoms with van der Waals surface area (Å²) in [7, 11) is 3.85. The molecule has 5 rings (SSSR count). The van der Waals surface area contributed by atoms with Gasteiger partial charge in [-0.05, 0) is 31.2 Å². The largest absolute Gasteiger partial charge is 0.454 e. The van der Waals surface area contributed by atoms with E-state index in [0.717, 1.165) is 29.8 Å². The van der Waals surface area contributed by atoms with Crippen LogP contribution in [0.5, 0.6) is 11.5 Å². The number of likely N-dealkylation sites (N-methyl/N-ethyl adjacent to an activating group) is 1. The second-order valence-electron chi connectivity index (χ2n) is 7.03. The first-order valence-corrected chi connectivity index (χ1v) is 8.33. The zero-order chi connectivity index (χ0) is 16.5. The maximum atomic E-state index is 10.5. The number of ether oxygens (including phenoxy) is 4. The van der Waals surface area contributed by atoms with Crippen LogP contribution >= 0.6 is 0 Å². The highest BCUT2D eigenvalue weighted by Crippen LogP contribution is 2.54. The Bertz CT molecular complexity index is 720. The van der Waals surface area contributed by atoms with Gasteiger partial charge in [0.05, 0.1) is 17.6 Å². The summed E-state index contributed by atoms with van der Waals surface area (Å²) < 4.78 is 22.6. The summed E-state index contributed by atoms with van der Waals surface area (Å²) in [4.78, 5) is 2.31. The van der Waals surface area contributed by atoms with E-state index >= 15 is 0 Å². The summed E-state index contributed by atoms with van der Waals surface area (Å²) in [5.41, 5.74) is 1.56. The van der Waals surface area contributed by atoms with E-state index in [2.05, 4.69) is 24.1 Å². The maximum Gasteiger partial charge on any atom is 0.231 e. The standard InChI is InChI=1S/C18H21NO5/c1-19-8-16-18(4-3-10(21-2)5-15(18)19)12-7-14-13(22-9-23-14)6-11(12)17(20)24-16/h3-4,6-7,10,15-17,20H,5,8-9H2,1-2H3/t10-,15?,16-,17-,18-/m1/s1. The minimum atomic E-state index is -0.939. The third-order valence-corrected chi connectivity index (χ3v) is 5.99. The van der Waals surface area contributed by atoms with Crippen LogP contribution in [0.1, 0.15) is 23.8 Å². The molecule has 0 amide bonds. The van der Waals surface area contributed by atoms with E-state index in [0.29, 0.717) is 5.75 Å². The number of aliphatic hydroxyl groups is 1. The van der Waals surface area contributed by atoms with E-state index in [9.17, 15) is 5.11 Å². The molecule has 1 N–H and O–H groups in total. The third-order valence-electron chi connectivity index (χ3n) is 5.99. The molecule has 1 spiro atoms. The molecule has 128 valence electrons. The van der Waals surface area contributed by atoms with Crippen molar-refractivity contribution >= 4 is 0 Å². The van der Waals surface area contributed by atoms with Crippen LogP contribution < -0.4 is 9.47 Å². The van der Waals surface area contributed by atoms with Crippen LogP contribution in [0, 0.1) is 0 Å². The summed E-state index contributed by atoms with van der Waals surface area (Å²) in [6, 6.07) is 4.14. The molecule has 24 heavy (non-hydrogen) atoms. The Hall–Kier alpha value is -1.60. The van der Waals surface area contributed by atoms with Crippen molar-refractivity contribution in [3.63, 3.8) is 0 Å². The van der Waals surface area contributed by atoms with Gasteiger partial charge in [-0.2, -0.15) is 0 Å². The van der Waals surface area contributed by atoms with Crippen LogP contribution in [-0.2, 0) is 14.9 Å². The molecule has 1 unspecified atom stereocenters. The second-order valence-corrected chi connectivity index (χ2v) is 7.03. The Morgan fingerprint density at radius 3 is 2.88 bits per heavy atom. The number of hydrogen-bond acceptors (Lipinski definition) is 6. The highest BCUT2D eigenvalue weighted by Gasteiger charge is 2.59. The Kier molecular flexibility index (Phi) is 3.04. The summed E-state index contributed by atoms with van der Waals surface area (Å²) in [6.45, 7) is 0.993. The first-order valence-electron chi connectivity index (χ1n) is 8.33. The van der Waals surface area contributed by atoms with E-state index in [1.807, 2.05) is 12.1 Å². The first-order chi connectivity index (χ1) is 11.6. The quantitative estimate of drug-likeness (QED) is 0.784. The van der Waals surface area contributed by atoms with E-state index < -0.39 is 6.29 Å². The Labute approximate surface area is 140 Å². The minimum Gasteiger partial charge on any atom is -0.454 e. The maximum absolute atomic E-state index is 10.5. The van der Waals surface area contributed by atoms with Crippen molar-refractivity contribution in [1.29, 1.82) is 0 Å². The molecule has 3 heterocycles. The highest BCUT2D eigenvalue weighted by molar-refractivity contribution is 5.56. The van der Waals surface area contributed by atoms with Crippen molar-refractivity contribution in [3.05, 3.63) is 35.4 Å². The lowest BCUT2D eigenvalue weighted by atomic mass is 9.65. The fourth-order valence-electron chi connectivity index (χ4n) is 4.82. The lowest BCUT2D eigenvalue weighted by Gasteiger charge is -2.46. The van der Waals surface area contributed by atoms with E-state index in [4.69, 9.17) is 18.9 Å². The average Bonchev–Trinajstić information content (AvgIpc) is 3.16. The first kappa shape index (κ1) is 14.7. The molecule has 1 aliphatic carbocycles. The molecule has 1 saturated heterocycles. The van der Waals surface area contributed by atoms with Crippen LogP contribution in [-0.4, -0.2) is 55.8 Å². The van der Waals surface area contributed by atoms with Crippen LogP contribution in [0.25, 0.3) is 0 Å². The molecule has 1 fully saturated rings. The smallest absolute Gasteiger partial charge is 0.231 e. The number of nitrogens with zero attached hydrogens (tertiary/aromatic N) is 1. The van der Waals surface area contributed by atoms with Crippen molar-refractivity contribution in [3.8, 4) is 11.5 Å². The van der Waals surface area contributed by atoms with Gasteiger partial charge in [-0.25, -0.2) is 0 Å². The Balaban J connectivity index is 1.73. The van der Waals surface area contributed by atoms with Gasteiger partial charge in [0, 0.05) is 25.3 Å². The third kappa shape index (κ3) is 1.74. The van der Waals surface area contributed by atoms with Crippen LogP contribution in [0.2, 0.25) is 0 Å². The summed E-state index contributed by atoms with van der Waals surface area (Å²) >= 11 is 0. The molecule has 0 radical (unpaired) electrons. The molecule has 4 aliphatic rings. The van der Waals surface area contributed by atoms with Gasteiger partial charge < -0.3 is 24.1 Å². The Morgan fingerprint density at radius 2 is 2.08 bits per heavy atom. The molecule has 3 aliphatic heterocycles. The average molecular weight is 331 g/mol. The number of methoxy groups -OCH3 is 1. The van der Waals surface area contributed by atoms with Gasteiger partial charge in [0.1, 0.15) is 0 Å². The zero-order valence-electron chi connectivity index (χ0n) is 13.8. The van der Waals surface area contributed by atoms with Gasteiger partial charge in [-0.15, -0.1) is 0 Å². The molecule has 1 aromatic rings. The minimum absolute atomic E-state index is 0.0931. The van der Waals surface area contributed by atoms with Gasteiger partial charge >= 0.3 is 0 Å². The fraction of sp³-hybridized carbons (Fsp3) is 0.556. The zero-order valence-corrected chi connectivity index (χ0v) is 13.8. The number of likely N-dealkylation sites (tertiary alicyclic amines) is 1. The fourth-order valence-corrected chi connectivity index (χ4v) is 4.82.